The molecule has 0 unspecified atom stereocenters. The van der Waals surface area contributed by atoms with Crippen LogP contribution >= 0.6 is 11.6 Å². The first-order valence-electron chi connectivity index (χ1n) is 3.61. The normalized spacial score (nSPS) is 9.46. The molecule has 0 fully saturated rings. The van der Waals surface area contributed by atoms with E-state index >= 15 is 0 Å². The number of hydrogen-bond acceptors (Lipinski definition) is 3. The number of amides is 1. The quantitative estimate of drug-likeness (QED) is 0.728. The number of hydrogen-bond donors (Lipinski definition) is 1. The molecule has 0 aliphatic carbocycles. The smallest absolute Gasteiger partial charge is 0.257 e. The molecule has 1 aromatic rings. The van der Waals surface area contributed by atoms with Crippen molar-refractivity contribution >= 4 is 17.5 Å². The first-order chi connectivity index (χ1) is 6.20. The highest BCUT2D eigenvalue weighted by atomic mass is 35.5. The number of carbonyl (C=O) groups excluding carboxylic acids is 1. The molecule has 0 radical (unpaired) electrons. The van der Waals surface area contributed by atoms with Gasteiger partial charge < -0.3 is 10.1 Å². The van der Waals surface area contributed by atoms with Crippen LogP contribution in [-0.2, 0) is 0 Å². The summed E-state index contributed by atoms with van der Waals surface area (Å²) in [6.45, 7) is 0. The molecular formula is C8H9ClN2O2. The van der Waals surface area contributed by atoms with E-state index in [0.29, 0.717) is 5.75 Å². The number of pyridine rings is 1. The van der Waals surface area contributed by atoms with Gasteiger partial charge in [-0.05, 0) is 6.07 Å². The van der Waals surface area contributed by atoms with Crippen molar-refractivity contribution in [2.45, 2.75) is 0 Å². The summed E-state index contributed by atoms with van der Waals surface area (Å²) in [6, 6.07) is 1.58. The molecule has 0 spiro atoms. The van der Waals surface area contributed by atoms with Crippen LogP contribution in [0.25, 0.3) is 0 Å². The summed E-state index contributed by atoms with van der Waals surface area (Å²) in [5.74, 6) is 0.106. The Morgan fingerprint density at radius 1 is 1.69 bits per heavy atom. The van der Waals surface area contributed by atoms with Crippen LogP contribution in [0, 0.1) is 0 Å². The van der Waals surface area contributed by atoms with Gasteiger partial charge in [0.1, 0.15) is 16.5 Å². The summed E-state index contributed by atoms with van der Waals surface area (Å²) in [5.41, 5.74) is 0.258. The van der Waals surface area contributed by atoms with Gasteiger partial charge in [0.05, 0.1) is 7.11 Å². The molecule has 1 rings (SSSR count). The Morgan fingerprint density at radius 3 is 2.92 bits per heavy atom. The van der Waals surface area contributed by atoms with Gasteiger partial charge in [-0.25, -0.2) is 4.98 Å². The highest BCUT2D eigenvalue weighted by molar-refractivity contribution is 6.33. The molecule has 1 amide bonds. The molecule has 70 valence electrons. The van der Waals surface area contributed by atoms with E-state index in [1.54, 1.807) is 6.07 Å². The zero-order valence-electron chi connectivity index (χ0n) is 7.30. The van der Waals surface area contributed by atoms with Crippen LogP contribution in [-0.4, -0.2) is 25.0 Å². The van der Waals surface area contributed by atoms with Gasteiger partial charge in [0.15, 0.2) is 0 Å². The summed E-state index contributed by atoms with van der Waals surface area (Å²) < 4.78 is 4.96. The number of halogens is 1. The van der Waals surface area contributed by atoms with Gasteiger partial charge >= 0.3 is 0 Å². The van der Waals surface area contributed by atoms with E-state index in [2.05, 4.69) is 10.3 Å². The average molecular weight is 201 g/mol. The van der Waals surface area contributed by atoms with E-state index in [1.165, 1.54) is 20.4 Å². The molecule has 1 heterocycles. The standard InChI is InChI=1S/C8H9ClN2O2/c1-10-8(12)6-5(13-2)3-4-11-7(6)9/h3-4H,1-2H3,(H,10,12). The van der Waals surface area contributed by atoms with E-state index in [1.807, 2.05) is 0 Å². The third-order valence-electron chi connectivity index (χ3n) is 1.54. The SMILES string of the molecule is CNC(=O)c1c(OC)ccnc1Cl. The van der Waals surface area contributed by atoms with Crippen LogP contribution in [0.5, 0.6) is 5.75 Å². The molecule has 0 atom stereocenters. The van der Waals surface area contributed by atoms with Crippen LogP contribution in [0.1, 0.15) is 10.4 Å². The minimum Gasteiger partial charge on any atom is -0.496 e. The summed E-state index contributed by atoms with van der Waals surface area (Å²) in [5, 5.41) is 2.59. The Hall–Kier alpha value is -1.29. The van der Waals surface area contributed by atoms with Gasteiger partial charge in [0.2, 0.25) is 0 Å². The van der Waals surface area contributed by atoms with Crippen molar-refractivity contribution in [1.82, 2.24) is 10.3 Å². The summed E-state index contributed by atoms with van der Waals surface area (Å²) in [7, 11) is 2.99. The third-order valence-corrected chi connectivity index (χ3v) is 1.83. The van der Waals surface area contributed by atoms with Crippen LogP contribution in [0.15, 0.2) is 12.3 Å². The van der Waals surface area contributed by atoms with E-state index in [9.17, 15) is 4.79 Å². The number of carbonyl (C=O) groups is 1. The van der Waals surface area contributed by atoms with Crippen molar-refractivity contribution < 1.29 is 9.53 Å². The molecule has 1 aromatic heterocycles. The second-order valence-corrected chi connectivity index (χ2v) is 2.62. The number of aromatic nitrogens is 1. The first-order valence-corrected chi connectivity index (χ1v) is 3.99. The van der Waals surface area contributed by atoms with Crippen molar-refractivity contribution in [2.24, 2.45) is 0 Å². The zero-order chi connectivity index (χ0) is 9.84. The number of nitrogens with zero attached hydrogens (tertiary/aromatic N) is 1. The van der Waals surface area contributed by atoms with Gasteiger partial charge in [-0.2, -0.15) is 0 Å². The fourth-order valence-electron chi connectivity index (χ4n) is 0.921. The monoisotopic (exact) mass is 200 g/mol. The predicted molar refractivity (Wildman–Crippen MR) is 49.2 cm³/mol. The second kappa shape index (κ2) is 4.09. The van der Waals surface area contributed by atoms with Gasteiger partial charge in [0, 0.05) is 13.2 Å². The lowest BCUT2D eigenvalue weighted by Gasteiger charge is -2.07. The Morgan fingerprint density at radius 2 is 2.38 bits per heavy atom. The molecule has 5 heteroatoms. The summed E-state index contributed by atoms with van der Waals surface area (Å²) >= 11 is 5.73. The Balaban J connectivity index is 3.22. The zero-order valence-corrected chi connectivity index (χ0v) is 8.05. The molecule has 13 heavy (non-hydrogen) atoms. The maximum Gasteiger partial charge on any atom is 0.257 e. The molecular weight excluding hydrogens is 192 g/mol. The molecule has 0 saturated heterocycles. The lowest BCUT2D eigenvalue weighted by Crippen LogP contribution is -2.19. The molecule has 4 nitrogen and oxygen atoms in total. The second-order valence-electron chi connectivity index (χ2n) is 2.26. The predicted octanol–water partition coefficient (Wildman–Crippen LogP) is 1.10. The maximum atomic E-state index is 11.3. The van der Waals surface area contributed by atoms with Gasteiger partial charge in [0.25, 0.3) is 5.91 Å². The highest BCUT2D eigenvalue weighted by Gasteiger charge is 2.15. The fraction of sp³-hybridized carbons (Fsp3) is 0.250. The van der Waals surface area contributed by atoms with E-state index in [4.69, 9.17) is 16.3 Å². The van der Waals surface area contributed by atoms with Gasteiger partial charge in [-0.15, -0.1) is 0 Å². The minimum absolute atomic E-state index is 0.138. The molecule has 0 bridgehead atoms. The van der Waals surface area contributed by atoms with Gasteiger partial charge in [-0.3, -0.25) is 4.79 Å². The number of nitrogens with one attached hydrogen (secondary N) is 1. The van der Waals surface area contributed by atoms with E-state index < -0.39 is 0 Å². The van der Waals surface area contributed by atoms with Crippen molar-refractivity contribution in [3.8, 4) is 5.75 Å². The summed E-state index contributed by atoms with van der Waals surface area (Å²) in [4.78, 5) is 15.1. The van der Waals surface area contributed by atoms with Crippen LogP contribution in [0.2, 0.25) is 5.15 Å². The lowest BCUT2D eigenvalue weighted by atomic mass is 10.2. The van der Waals surface area contributed by atoms with E-state index in [-0.39, 0.29) is 16.6 Å². The first kappa shape index (κ1) is 9.80. The van der Waals surface area contributed by atoms with Crippen molar-refractivity contribution in [3.05, 3.63) is 23.0 Å². The Labute approximate surface area is 80.9 Å². The topological polar surface area (TPSA) is 51.2 Å². The lowest BCUT2D eigenvalue weighted by molar-refractivity contribution is 0.0960. The average Bonchev–Trinajstić information content (AvgIpc) is 2.16. The minimum atomic E-state index is -0.310. The molecule has 0 aromatic carbocycles. The Bertz CT molecular complexity index is 328. The third kappa shape index (κ3) is 1.89. The highest BCUT2D eigenvalue weighted by Crippen LogP contribution is 2.23. The van der Waals surface area contributed by atoms with Crippen molar-refractivity contribution in [1.29, 1.82) is 0 Å². The molecule has 1 N–H and O–H groups in total. The number of methoxy groups -OCH3 is 1. The van der Waals surface area contributed by atoms with Gasteiger partial charge in [-0.1, -0.05) is 11.6 Å². The molecule has 0 saturated carbocycles. The van der Waals surface area contributed by atoms with E-state index in [0.717, 1.165) is 0 Å². The van der Waals surface area contributed by atoms with Crippen LogP contribution in [0.4, 0.5) is 0 Å². The van der Waals surface area contributed by atoms with Crippen molar-refractivity contribution in [3.63, 3.8) is 0 Å². The Kier molecular flexibility index (Phi) is 3.08. The fourth-order valence-corrected chi connectivity index (χ4v) is 1.16. The molecule has 0 aliphatic rings. The van der Waals surface area contributed by atoms with Crippen LogP contribution in [0.3, 0.4) is 0 Å². The number of rotatable bonds is 2. The maximum absolute atomic E-state index is 11.3. The molecule has 0 aliphatic heterocycles. The number of ether oxygens (including phenoxy) is 1. The summed E-state index contributed by atoms with van der Waals surface area (Å²) in [6.07, 6.45) is 1.48. The van der Waals surface area contributed by atoms with Crippen LogP contribution < -0.4 is 10.1 Å². The largest absolute Gasteiger partial charge is 0.496 e. The van der Waals surface area contributed by atoms with Crippen molar-refractivity contribution in [2.75, 3.05) is 14.2 Å².